The number of hydrogen-bond donors (Lipinski definition) is 5. The van der Waals surface area contributed by atoms with E-state index in [1.807, 2.05) is 50.8 Å². The van der Waals surface area contributed by atoms with Crippen molar-refractivity contribution in [2.24, 2.45) is 0 Å². The molecule has 23 heteroatoms. The molecule has 2 aliphatic rings. The van der Waals surface area contributed by atoms with Crippen LogP contribution >= 0.6 is 0 Å². The lowest BCUT2D eigenvalue weighted by Crippen LogP contribution is -2.39. The second-order valence-corrected chi connectivity index (χ2v) is 23.4. The normalized spacial score (nSPS) is 19.1. The van der Waals surface area contributed by atoms with Crippen molar-refractivity contribution in [1.29, 1.82) is 0 Å². The van der Waals surface area contributed by atoms with Gasteiger partial charge >= 0.3 is 5.97 Å². The minimum absolute atomic E-state index is 0.00493. The fourth-order valence-corrected chi connectivity index (χ4v) is 12.4. The molecule has 5 N–H and O–H groups in total. The zero-order valence-electron chi connectivity index (χ0n) is 39.2. The van der Waals surface area contributed by atoms with Crippen molar-refractivity contribution in [2.45, 2.75) is 96.3 Å². The molecule has 4 aromatic rings. The summed E-state index contributed by atoms with van der Waals surface area (Å²) in [4.78, 5) is 12.5. The van der Waals surface area contributed by atoms with Crippen LogP contribution in [0.25, 0.3) is 21.5 Å². The number of carboxylic acids is 1. The molecule has 2 unspecified atom stereocenters. The Bertz CT molecular complexity index is 3220. The van der Waals surface area contributed by atoms with E-state index in [2.05, 4.69) is 4.90 Å². The van der Waals surface area contributed by atoms with Crippen LogP contribution in [0, 0.1) is 0 Å². The molecule has 2 atom stereocenters. The first kappa shape index (κ1) is 54.5. The smallest absolute Gasteiger partial charge is 0.303 e. The highest BCUT2D eigenvalue weighted by molar-refractivity contribution is 7.87. The van der Waals surface area contributed by atoms with Crippen molar-refractivity contribution in [3.8, 4) is 0 Å². The van der Waals surface area contributed by atoms with E-state index >= 15 is 0 Å². The summed E-state index contributed by atoms with van der Waals surface area (Å²) in [5.41, 5.74) is 1.14. The first-order valence-corrected chi connectivity index (χ1v) is 28.0. The molecule has 0 spiro atoms. The van der Waals surface area contributed by atoms with E-state index in [4.69, 9.17) is 14.2 Å². The molecule has 0 saturated carbocycles. The number of carbonyl (C=O) groups is 1. The first-order chi connectivity index (χ1) is 32.7. The molecule has 0 aliphatic carbocycles. The van der Waals surface area contributed by atoms with Crippen LogP contribution in [0.5, 0.6) is 0 Å². The lowest BCUT2D eigenvalue weighted by atomic mass is 9.76. The van der Waals surface area contributed by atoms with Gasteiger partial charge in [0.15, 0.2) is 0 Å². The summed E-state index contributed by atoms with van der Waals surface area (Å²) in [6.07, 6.45) is 10.8. The second kappa shape index (κ2) is 21.1. The number of aliphatic carboxylic acids is 1. The maximum Gasteiger partial charge on any atom is 0.303 e. The number of methoxy groups -OCH3 is 1. The van der Waals surface area contributed by atoms with Crippen LogP contribution in [0.2, 0.25) is 0 Å². The Hall–Kier alpha value is -4.79. The zero-order chi connectivity index (χ0) is 51.6. The summed E-state index contributed by atoms with van der Waals surface area (Å²) in [5, 5.41) is 9.71. The van der Waals surface area contributed by atoms with E-state index < -0.39 is 82.9 Å². The van der Waals surface area contributed by atoms with E-state index in [9.17, 15) is 61.8 Å². The predicted octanol–water partition coefficient (Wildman–Crippen LogP) is 6.95. The van der Waals surface area contributed by atoms with Crippen LogP contribution < -0.4 is 9.80 Å². The molecule has 382 valence electrons. The number of carboxylic acid groups (broad SMARTS) is 1. The molecule has 2 heterocycles. The summed E-state index contributed by atoms with van der Waals surface area (Å²) < 4.78 is 158. The highest BCUT2D eigenvalue weighted by atomic mass is 32.2. The SMILES string of the molecule is CCN1c2ccc3c(S(=O)(=O)O)cc(S(=O)(=O)O)cc3c2C(C)(C)C1C=CC=CC=C1N(CCCCCC(=O)O)c2ccc3c(S(=O)(=O)O)cc(S(=O)(=O)O)cc3c2C1(C)CCOCCOCCOC. The van der Waals surface area contributed by atoms with Gasteiger partial charge in [-0.3, -0.25) is 23.0 Å². The van der Waals surface area contributed by atoms with Gasteiger partial charge in [0.1, 0.15) is 9.79 Å². The minimum atomic E-state index is -5.03. The van der Waals surface area contributed by atoms with Crippen LogP contribution in [0.3, 0.4) is 0 Å². The van der Waals surface area contributed by atoms with Crippen molar-refractivity contribution in [2.75, 3.05) is 63.0 Å². The average Bonchev–Trinajstić information content (AvgIpc) is 3.64. The monoisotopic (exact) mass is 1050 g/mol. The maximum atomic E-state index is 12.8. The van der Waals surface area contributed by atoms with Crippen molar-refractivity contribution >= 4 is 79.4 Å². The molecular formula is C47H58N2O17S4. The lowest BCUT2D eigenvalue weighted by molar-refractivity contribution is -0.137. The van der Waals surface area contributed by atoms with Gasteiger partial charge in [0.25, 0.3) is 40.5 Å². The lowest BCUT2D eigenvalue weighted by Gasteiger charge is -2.31. The van der Waals surface area contributed by atoms with E-state index in [-0.39, 0.29) is 54.2 Å². The van der Waals surface area contributed by atoms with Crippen LogP contribution in [0.4, 0.5) is 11.4 Å². The van der Waals surface area contributed by atoms with Crippen molar-refractivity contribution in [3.63, 3.8) is 0 Å². The molecule has 0 bridgehead atoms. The molecule has 0 radical (unpaired) electrons. The Balaban J connectivity index is 1.46. The van der Waals surface area contributed by atoms with Gasteiger partial charge < -0.3 is 29.1 Å². The fourth-order valence-electron chi connectivity index (χ4n) is 9.74. The minimum Gasteiger partial charge on any atom is -0.481 e. The first-order valence-electron chi connectivity index (χ1n) is 22.3. The molecular weight excluding hydrogens is 993 g/mol. The van der Waals surface area contributed by atoms with Gasteiger partial charge in [-0.05, 0) is 97.5 Å². The van der Waals surface area contributed by atoms with Crippen molar-refractivity contribution < 1.29 is 76.0 Å². The maximum absolute atomic E-state index is 12.8. The summed E-state index contributed by atoms with van der Waals surface area (Å²) >= 11 is 0. The Morgan fingerprint density at radius 3 is 1.73 bits per heavy atom. The van der Waals surface area contributed by atoms with Crippen molar-refractivity contribution in [1.82, 2.24) is 0 Å². The number of nitrogens with zero attached hydrogens (tertiary/aromatic N) is 2. The largest absolute Gasteiger partial charge is 0.481 e. The Morgan fingerprint density at radius 1 is 0.657 bits per heavy atom. The van der Waals surface area contributed by atoms with Crippen LogP contribution in [-0.2, 0) is 70.3 Å². The van der Waals surface area contributed by atoms with Crippen molar-refractivity contribution in [3.05, 3.63) is 95.7 Å². The van der Waals surface area contributed by atoms with Crippen LogP contribution in [0.15, 0.2) is 104 Å². The van der Waals surface area contributed by atoms with E-state index in [0.29, 0.717) is 85.9 Å². The Kier molecular flexibility index (Phi) is 16.5. The molecule has 19 nitrogen and oxygen atoms in total. The highest BCUT2D eigenvalue weighted by Crippen LogP contribution is 2.54. The van der Waals surface area contributed by atoms with Gasteiger partial charge in [0.05, 0.1) is 42.3 Å². The number of allylic oxidation sites excluding steroid dienone is 5. The second-order valence-electron chi connectivity index (χ2n) is 17.8. The summed E-state index contributed by atoms with van der Waals surface area (Å²) in [5.74, 6) is -0.935. The number of unbranched alkanes of at least 4 members (excludes halogenated alkanes) is 2. The quantitative estimate of drug-likeness (QED) is 0.0285. The van der Waals surface area contributed by atoms with E-state index in [1.165, 1.54) is 24.3 Å². The Morgan fingerprint density at radius 2 is 1.20 bits per heavy atom. The van der Waals surface area contributed by atoms with Gasteiger partial charge in [-0.25, -0.2) is 0 Å². The summed E-state index contributed by atoms with van der Waals surface area (Å²) in [6, 6.07) is 9.70. The number of likely N-dealkylation sites (N-methyl/N-ethyl adjacent to an activating group) is 1. The standard InChI is InChI=1S/C47H58N2O17S4/c1-6-48-37-18-16-33-35(27-31(67(52,53)54)29-39(33)69(58,59)60)44(37)46(2,3)41(48)13-9-7-10-14-42-47(4,20-22-65-25-26-66-24-23-64-5)45-36-28-32(68(55,56)57)30-40(70(61,62)63)34(36)17-19-38(45)49(42)21-12-8-11-15-43(50)51/h7,9-10,13-14,16-19,27-30,41H,6,8,11-12,15,20-26H2,1-5H3,(H,50,51)(H,52,53,54)(H,55,56,57)(H,58,59,60)(H,61,62,63). The molecule has 4 aromatic carbocycles. The third-order valence-electron chi connectivity index (χ3n) is 12.9. The number of ether oxygens (including phenoxy) is 3. The van der Waals surface area contributed by atoms with Gasteiger partial charge in [-0.2, -0.15) is 33.7 Å². The zero-order valence-corrected chi connectivity index (χ0v) is 42.5. The molecule has 0 aromatic heterocycles. The summed E-state index contributed by atoms with van der Waals surface area (Å²) in [7, 11) is -18.3. The molecule has 70 heavy (non-hydrogen) atoms. The van der Waals surface area contributed by atoms with Crippen LogP contribution in [-0.4, -0.2) is 122 Å². The molecule has 0 saturated heterocycles. The highest BCUT2D eigenvalue weighted by Gasteiger charge is 2.46. The van der Waals surface area contributed by atoms with E-state index in [1.54, 1.807) is 31.4 Å². The van der Waals surface area contributed by atoms with Gasteiger partial charge in [0.2, 0.25) is 0 Å². The predicted molar refractivity (Wildman–Crippen MR) is 262 cm³/mol. The number of hydrogen-bond acceptors (Lipinski definition) is 14. The van der Waals surface area contributed by atoms with Gasteiger partial charge in [-0.1, -0.05) is 56.7 Å². The molecule has 2 aliphatic heterocycles. The average molecular weight is 1050 g/mol. The number of benzene rings is 4. The number of fused-ring (bicyclic) bond motifs is 6. The fraction of sp³-hybridized carbons (Fsp3) is 0.426. The van der Waals surface area contributed by atoms with Gasteiger partial charge in [0, 0.05) is 71.9 Å². The topological polar surface area (TPSA) is 289 Å². The van der Waals surface area contributed by atoms with E-state index in [0.717, 1.165) is 0 Å². The molecule has 0 fully saturated rings. The number of rotatable bonds is 23. The van der Waals surface area contributed by atoms with Gasteiger partial charge in [-0.15, -0.1) is 0 Å². The third-order valence-corrected chi connectivity index (χ3v) is 16.4. The Labute approximate surface area is 408 Å². The summed E-state index contributed by atoms with van der Waals surface area (Å²) in [6.45, 7) is 9.82. The third kappa shape index (κ3) is 11.4. The van der Waals surface area contributed by atoms with Crippen LogP contribution in [0.1, 0.15) is 70.9 Å². The molecule has 0 amide bonds. The molecule has 6 rings (SSSR count). The number of anilines is 2.